The van der Waals surface area contributed by atoms with Crippen LogP contribution in [0.4, 0.5) is 11.4 Å². The van der Waals surface area contributed by atoms with Crippen LogP contribution in [0.25, 0.3) is 11.0 Å². The Morgan fingerprint density at radius 3 is 2.77 bits per heavy atom. The van der Waals surface area contributed by atoms with Gasteiger partial charge in [0.1, 0.15) is 10.6 Å². The summed E-state index contributed by atoms with van der Waals surface area (Å²) in [4.78, 5) is 23.6. The summed E-state index contributed by atoms with van der Waals surface area (Å²) in [5.41, 5.74) is 2.33. The van der Waals surface area contributed by atoms with Crippen LogP contribution in [-0.2, 0) is 5.75 Å². The molecular weight excluding hydrogens is 424 g/mol. The summed E-state index contributed by atoms with van der Waals surface area (Å²) in [5, 5.41) is 23.7. The number of carbonyl (C=O) groups excluding carboxylic acids is 1. The standard InChI is InChI=1S/C20H16N4O4S2/c1-11-7-8-13(24(26)27)9-16(11)21-19(25)18-15(10-29-20-23-22-12(2)30-20)14-5-3-4-6-17(14)28-18/h3-9H,10H2,1-2H3,(H,21,25). The Morgan fingerprint density at radius 1 is 1.23 bits per heavy atom. The number of nitrogens with zero attached hydrogens (tertiary/aromatic N) is 3. The first-order valence-corrected chi connectivity index (χ1v) is 10.7. The van der Waals surface area contributed by atoms with Gasteiger partial charge >= 0.3 is 0 Å². The normalized spacial score (nSPS) is 11.0. The predicted molar refractivity (Wildman–Crippen MR) is 116 cm³/mol. The van der Waals surface area contributed by atoms with Gasteiger partial charge in [0.2, 0.25) is 0 Å². The SMILES string of the molecule is Cc1nnc(SCc2c(C(=O)Nc3cc([N+](=O)[O-])ccc3C)oc3ccccc23)s1. The summed E-state index contributed by atoms with van der Waals surface area (Å²) in [5.74, 6) is 0.192. The molecule has 1 amide bonds. The summed E-state index contributed by atoms with van der Waals surface area (Å²) < 4.78 is 6.66. The second-order valence-electron chi connectivity index (χ2n) is 6.49. The molecular formula is C20H16N4O4S2. The first-order chi connectivity index (χ1) is 14.4. The van der Waals surface area contributed by atoms with Crippen LogP contribution in [0.1, 0.15) is 26.7 Å². The van der Waals surface area contributed by atoms with Crippen molar-refractivity contribution in [2.75, 3.05) is 5.32 Å². The first kappa shape index (κ1) is 20.0. The van der Waals surface area contributed by atoms with Crippen LogP contribution in [0.15, 0.2) is 51.2 Å². The number of rotatable bonds is 6. The van der Waals surface area contributed by atoms with Crippen LogP contribution in [0.2, 0.25) is 0 Å². The van der Waals surface area contributed by atoms with Crippen LogP contribution in [0, 0.1) is 24.0 Å². The topological polar surface area (TPSA) is 111 Å². The number of hydrogen-bond donors (Lipinski definition) is 1. The summed E-state index contributed by atoms with van der Waals surface area (Å²) in [6, 6.07) is 11.8. The average Bonchev–Trinajstić information content (AvgIpc) is 3.31. The number of nitro groups is 1. The largest absolute Gasteiger partial charge is 0.451 e. The number of fused-ring (bicyclic) bond motifs is 1. The van der Waals surface area contributed by atoms with E-state index in [9.17, 15) is 14.9 Å². The van der Waals surface area contributed by atoms with Crippen LogP contribution in [-0.4, -0.2) is 21.0 Å². The molecule has 0 spiro atoms. The summed E-state index contributed by atoms with van der Waals surface area (Å²) in [6.45, 7) is 3.65. The number of para-hydroxylation sites is 1. The van der Waals surface area contributed by atoms with E-state index in [1.807, 2.05) is 25.1 Å². The average molecular weight is 441 g/mol. The quantitative estimate of drug-likeness (QED) is 0.244. The molecule has 2 aromatic heterocycles. The second kappa shape index (κ2) is 8.25. The molecule has 2 aromatic carbocycles. The Hall–Kier alpha value is -3.24. The molecule has 0 aliphatic carbocycles. The van der Waals surface area contributed by atoms with E-state index in [1.54, 1.807) is 19.1 Å². The number of aromatic nitrogens is 2. The number of carbonyl (C=O) groups is 1. The van der Waals surface area contributed by atoms with Gasteiger partial charge in [-0.3, -0.25) is 14.9 Å². The predicted octanol–water partition coefficient (Wildman–Crippen LogP) is 5.35. The molecule has 0 atom stereocenters. The number of benzene rings is 2. The van der Waals surface area contributed by atoms with Gasteiger partial charge in [-0.1, -0.05) is 47.4 Å². The van der Waals surface area contributed by atoms with Crippen molar-refractivity contribution in [2.45, 2.75) is 23.9 Å². The Kier molecular flexibility index (Phi) is 5.51. The van der Waals surface area contributed by atoms with Crippen molar-refractivity contribution in [1.29, 1.82) is 0 Å². The molecule has 0 saturated carbocycles. The van der Waals surface area contributed by atoms with Gasteiger partial charge in [0.15, 0.2) is 10.1 Å². The monoisotopic (exact) mass is 440 g/mol. The number of nitro benzene ring substituents is 1. The maximum atomic E-state index is 13.0. The number of amides is 1. The van der Waals surface area contributed by atoms with E-state index in [2.05, 4.69) is 15.5 Å². The summed E-state index contributed by atoms with van der Waals surface area (Å²) >= 11 is 2.96. The second-order valence-corrected chi connectivity index (χ2v) is 8.90. The highest BCUT2D eigenvalue weighted by Gasteiger charge is 2.22. The fourth-order valence-corrected chi connectivity index (χ4v) is 4.78. The minimum Gasteiger partial charge on any atom is -0.451 e. The molecule has 1 N–H and O–H groups in total. The molecule has 4 aromatic rings. The molecule has 0 saturated heterocycles. The summed E-state index contributed by atoms with van der Waals surface area (Å²) in [6.07, 6.45) is 0. The highest BCUT2D eigenvalue weighted by atomic mass is 32.2. The lowest BCUT2D eigenvalue weighted by Crippen LogP contribution is -2.14. The van der Waals surface area contributed by atoms with Crippen molar-refractivity contribution in [1.82, 2.24) is 10.2 Å². The van der Waals surface area contributed by atoms with Gasteiger partial charge in [-0.25, -0.2) is 0 Å². The van der Waals surface area contributed by atoms with Crippen molar-refractivity contribution in [2.24, 2.45) is 0 Å². The van der Waals surface area contributed by atoms with Crippen molar-refractivity contribution >= 4 is 51.3 Å². The lowest BCUT2D eigenvalue weighted by Gasteiger charge is -2.08. The minimum absolute atomic E-state index is 0.0945. The number of hydrogen-bond acceptors (Lipinski definition) is 8. The first-order valence-electron chi connectivity index (χ1n) is 8.92. The van der Waals surface area contributed by atoms with E-state index in [0.29, 0.717) is 22.6 Å². The van der Waals surface area contributed by atoms with Crippen molar-refractivity contribution in [3.05, 3.63) is 74.5 Å². The number of aryl methyl sites for hydroxylation is 2. The van der Waals surface area contributed by atoms with Gasteiger partial charge in [-0.15, -0.1) is 10.2 Å². The zero-order valence-electron chi connectivity index (χ0n) is 16.0. The third-order valence-corrected chi connectivity index (χ3v) is 6.43. The number of thioether (sulfide) groups is 1. The van der Waals surface area contributed by atoms with E-state index >= 15 is 0 Å². The Morgan fingerprint density at radius 2 is 2.03 bits per heavy atom. The number of nitrogens with one attached hydrogen (secondary N) is 1. The van der Waals surface area contributed by atoms with Crippen molar-refractivity contribution in [3.63, 3.8) is 0 Å². The molecule has 2 heterocycles. The van der Waals surface area contributed by atoms with Crippen LogP contribution in [0.5, 0.6) is 0 Å². The highest BCUT2D eigenvalue weighted by molar-refractivity contribution is 8.00. The maximum Gasteiger partial charge on any atom is 0.291 e. The molecule has 152 valence electrons. The van der Waals surface area contributed by atoms with Crippen molar-refractivity contribution < 1.29 is 14.1 Å². The molecule has 0 bridgehead atoms. The third kappa shape index (κ3) is 4.05. The van der Waals surface area contributed by atoms with Gasteiger partial charge < -0.3 is 9.73 Å². The fraction of sp³-hybridized carbons (Fsp3) is 0.150. The highest BCUT2D eigenvalue weighted by Crippen LogP contribution is 2.34. The number of non-ortho nitro benzene ring substituents is 1. The molecule has 8 nitrogen and oxygen atoms in total. The van der Waals surface area contributed by atoms with Gasteiger partial charge in [-0.2, -0.15) is 0 Å². The molecule has 10 heteroatoms. The lowest BCUT2D eigenvalue weighted by molar-refractivity contribution is -0.384. The van der Waals surface area contributed by atoms with Crippen molar-refractivity contribution in [3.8, 4) is 0 Å². The number of anilines is 1. The van der Waals surface area contributed by atoms with Gasteiger partial charge in [-0.05, 0) is 25.5 Å². The minimum atomic E-state index is -0.498. The van der Waals surface area contributed by atoms with Gasteiger partial charge in [0.25, 0.3) is 11.6 Å². The zero-order chi connectivity index (χ0) is 21.3. The van der Waals surface area contributed by atoms with Crippen LogP contribution in [0.3, 0.4) is 0 Å². The zero-order valence-corrected chi connectivity index (χ0v) is 17.7. The van der Waals surface area contributed by atoms with E-state index in [4.69, 9.17) is 4.42 Å². The maximum absolute atomic E-state index is 13.0. The third-order valence-electron chi connectivity index (χ3n) is 4.43. The Labute approximate surface area is 179 Å². The van der Waals surface area contributed by atoms with Gasteiger partial charge in [0.05, 0.1) is 10.6 Å². The molecule has 0 aliphatic rings. The number of furan rings is 1. The molecule has 4 rings (SSSR count). The molecule has 0 unspecified atom stereocenters. The Bertz CT molecular complexity index is 1260. The van der Waals surface area contributed by atoms with E-state index in [1.165, 1.54) is 35.2 Å². The Balaban J connectivity index is 1.67. The van der Waals surface area contributed by atoms with E-state index in [-0.39, 0.29) is 11.4 Å². The lowest BCUT2D eigenvalue weighted by atomic mass is 10.1. The van der Waals surface area contributed by atoms with E-state index in [0.717, 1.165) is 20.3 Å². The van der Waals surface area contributed by atoms with Gasteiger partial charge in [0, 0.05) is 28.8 Å². The molecule has 0 fully saturated rings. The van der Waals surface area contributed by atoms with E-state index < -0.39 is 10.8 Å². The molecule has 0 aliphatic heterocycles. The van der Waals surface area contributed by atoms with Crippen LogP contribution >= 0.6 is 23.1 Å². The summed E-state index contributed by atoms with van der Waals surface area (Å²) in [7, 11) is 0. The van der Waals surface area contributed by atoms with Crippen LogP contribution < -0.4 is 5.32 Å². The fourth-order valence-electron chi connectivity index (χ4n) is 2.93. The smallest absolute Gasteiger partial charge is 0.291 e. The molecule has 0 radical (unpaired) electrons. The molecule has 30 heavy (non-hydrogen) atoms.